The molecule has 1 N–H and O–H groups in total. The molecule has 0 aliphatic carbocycles. The molecule has 1 atom stereocenters. The van der Waals surface area contributed by atoms with Gasteiger partial charge in [-0.05, 0) is 44.1 Å². The number of ether oxygens (including phenoxy) is 1. The molecule has 1 aromatic rings. The highest BCUT2D eigenvalue weighted by molar-refractivity contribution is 6.34. The van der Waals surface area contributed by atoms with E-state index in [2.05, 4.69) is 5.32 Å². The molecule has 0 aromatic heterocycles. The Morgan fingerprint density at radius 3 is 2.75 bits per heavy atom. The molecule has 110 valence electrons. The summed E-state index contributed by atoms with van der Waals surface area (Å²) in [6, 6.07) is 4.92. The summed E-state index contributed by atoms with van der Waals surface area (Å²) in [7, 11) is 1.93. The molecule has 1 saturated heterocycles. The maximum atomic E-state index is 12.1. The molecule has 2 rings (SSSR count). The third kappa shape index (κ3) is 4.27. The number of hydrogen-bond acceptors (Lipinski definition) is 3. The van der Waals surface area contributed by atoms with Gasteiger partial charge in [-0.15, -0.1) is 0 Å². The highest BCUT2D eigenvalue weighted by Gasteiger charge is 2.25. The molecule has 0 radical (unpaired) electrons. The van der Waals surface area contributed by atoms with Crippen molar-refractivity contribution in [1.82, 2.24) is 10.2 Å². The van der Waals surface area contributed by atoms with Gasteiger partial charge in [0.1, 0.15) is 5.75 Å². The van der Waals surface area contributed by atoms with Crippen LogP contribution in [-0.2, 0) is 4.79 Å². The molecule has 4 nitrogen and oxygen atoms in total. The van der Waals surface area contributed by atoms with Gasteiger partial charge in [0.05, 0.1) is 0 Å². The summed E-state index contributed by atoms with van der Waals surface area (Å²) < 4.78 is 5.46. The van der Waals surface area contributed by atoms with Gasteiger partial charge >= 0.3 is 0 Å². The average molecular weight is 317 g/mol. The van der Waals surface area contributed by atoms with Crippen molar-refractivity contribution in [2.45, 2.75) is 6.42 Å². The summed E-state index contributed by atoms with van der Waals surface area (Å²) in [5.41, 5.74) is 0. The van der Waals surface area contributed by atoms with Gasteiger partial charge in [0.25, 0.3) is 5.91 Å². The molecule has 1 amide bonds. The Labute approximate surface area is 129 Å². The van der Waals surface area contributed by atoms with E-state index in [0.717, 1.165) is 26.1 Å². The molecule has 1 aliphatic heterocycles. The molecule has 1 fully saturated rings. The van der Waals surface area contributed by atoms with Crippen LogP contribution in [0.1, 0.15) is 6.42 Å². The van der Waals surface area contributed by atoms with Crippen molar-refractivity contribution in [3.05, 3.63) is 28.2 Å². The summed E-state index contributed by atoms with van der Waals surface area (Å²) in [4.78, 5) is 13.9. The molecule has 1 aromatic carbocycles. The number of nitrogens with one attached hydrogen (secondary N) is 1. The zero-order valence-corrected chi connectivity index (χ0v) is 12.9. The molecular weight excluding hydrogens is 299 g/mol. The lowest BCUT2D eigenvalue weighted by molar-refractivity contribution is -0.132. The van der Waals surface area contributed by atoms with Crippen molar-refractivity contribution in [3.63, 3.8) is 0 Å². The third-order valence-corrected chi connectivity index (χ3v) is 3.77. The van der Waals surface area contributed by atoms with Gasteiger partial charge in [0.15, 0.2) is 6.61 Å². The van der Waals surface area contributed by atoms with Crippen LogP contribution in [0.15, 0.2) is 18.2 Å². The lowest BCUT2D eigenvalue weighted by atomic mass is 10.1. The Morgan fingerprint density at radius 2 is 2.10 bits per heavy atom. The first kappa shape index (κ1) is 15.4. The maximum absolute atomic E-state index is 12.1. The zero-order chi connectivity index (χ0) is 14.5. The van der Waals surface area contributed by atoms with Crippen LogP contribution in [0.4, 0.5) is 0 Å². The largest absolute Gasteiger partial charge is 0.484 e. The van der Waals surface area contributed by atoms with E-state index in [-0.39, 0.29) is 12.5 Å². The van der Waals surface area contributed by atoms with Crippen LogP contribution in [0, 0.1) is 5.92 Å². The number of rotatable bonds is 5. The summed E-state index contributed by atoms with van der Waals surface area (Å²) >= 11 is 11.8. The van der Waals surface area contributed by atoms with Crippen molar-refractivity contribution in [3.8, 4) is 5.75 Å². The predicted molar refractivity (Wildman–Crippen MR) is 80.6 cm³/mol. The first-order valence-corrected chi connectivity index (χ1v) is 7.35. The monoisotopic (exact) mass is 316 g/mol. The zero-order valence-electron chi connectivity index (χ0n) is 11.4. The number of hydrogen-bond donors (Lipinski definition) is 1. The van der Waals surface area contributed by atoms with Crippen LogP contribution >= 0.6 is 23.2 Å². The number of carbonyl (C=O) groups is 1. The number of likely N-dealkylation sites (tertiary alicyclic amines) is 1. The highest BCUT2D eigenvalue weighted by atomic mass is 35.5. The molecule has 6 heteroatoms. The van der Waals surface area contributed by atoms with Crippen molar-refractivity contribution in [2.75, 3.05) is 33.3 Å². The predicted octanol–water partition coefficient (Wildman–Crippen LogP) is 2.44. The van der Waals surface area contributed by atoms with E-state index >= 15 is 0 Å². The van der Waals surface area contributed by atoms with Crippen molar-refractivity contribution >= 4 is 29.1 Å². The van der Waals surface area contributed by atoms with Gasteiger partial charge < -0.3 is 15.0 Å². The van der Waals surface area contributed by atoms with Crippen LogP contribution in [0.5, 0.6) is 5.75 Å². The number of amides is 1. The number of benzene rings is 1. The SMILES string of the molecule is CNC[C@@H]1CCN(C(=O)COc2cc(Cl)cc(Cl)c2)C1. The van der Waals surface area contributed by atoms with E-state index in [9.17, 15) is 4.79 Å². The lowest BCUT2D eigenvalue weighted by Gasteiger charge is -2.17. The molecular formula is C14H18Cl2N2O2. The Kier molecular flexibility index (Phi) is 5.52. The van der Waals surface area contributed by atoms with E-state index in [0.29, 0.717) is 21.7 Å². The van der Waals surface area contributed by atoms with E-state index < -0.39 is 0 Å². The minimum atomic E-state index is -0.000277. The second-order valence-corrected chi connectivity index (χ2v) is 5.82. The van der Waals surface area contributed by atoms with E-state index in [4.69, 9.17) is 27.9 Å². The molecule has 0 saturated carbocycles. The first-order chi connectivity index (χ1) is 9.58. The lowest BCUT2D eigenvalue weighted by Crippen LogP contribution is -2.34. The number of halogens is 2. The van der Waals surface area contributed by atoms with Crippen LogP contribution in [0.25, 0.3) is 0 Å². The Morgan fingerprint density at radius 1 is 1.40 bits per heavy atom. The maximum Gasteiger partial charge on any atom is 0.260 e. The number of carbonyl (C=O) groups excluding carboxylic acids is 1. The normalized spacial score (nSPS) is 18.4. The fraction of sp³-hybridized carbons (Fsp3) is 0.500. The first-order valence-electron chi connectivity index (χ1n) is 6.59. The average Bonchev–Trinajstić information content (AvgIpc) is 2.84. The minimum absolute atomic E-state index is 0.000277. The Hall–Kier alpha value is -0.970. The van der Waals surface area contributed by atoms with Crippen LogP contribution in [0.2, 0.25) is 10.0 Å². The Bertz CT molecular complexity index is 462. The molecule has 20 heavy (non-hydrogen) atoms. The Balaban J connectivity index is 1.83. The highest BCUT2D eigenvalue weighted by Crippen LogP contribution is 2.24. The van der Waals surface area contributed by atoms with Crippen LogP contribution in [0.3, 0.4) is 0 Å². The number of nitrogens with zero attached hydrogens (tertiary/aromatic N) is 1. The smallest absolute Gasteiger partial charge is 0.260 e. The van der Waals surface area contributed by atoms with Gasteiger partial charge in [-0.2, -0.15) is 0 Å². The molecule has 0 unspecified atom stereocenters. The molecule has 1 aliphatic rings. The van der Waals surface area contributed by atoms with Crippen LogP contribution in [-0.4, -0.2) is 44.1 Å². The topological polar surface area (TPSA) is 41.6 Å². The van der Waals surface area contributed by atoms with Gasteiger partial charge in [-0.1, -0.05) is 23.2 Å². The molecule has 0 bridgehead atoms. The minimum Gasteiger partial charge on any atom is -0.484 e. The summed E-state index contributed by atoms with van der Waals surface area (Å²) in [5, 5.41) is 4.13. The fourth-order valence-electron chi connectivity index (χ4n) is 2.36. The van der Waals surface area contributed by atoms with Gasteiger partial charge in [0, 0.05) is 23.1 Å². The summed E-state index contributed by atoms with van der Waals surface area (Å²) in [6.45, 7) is 2.54. The quantitative estimate of drug-likeness (QED) is 0.907. The van der Waals surface area contributed by atoms with E-state index in [1.807, 2.05) is 11.9 Å². The van der Waals surface area contributed by atoms with E-state index in [1.165, 1.54) is 0 Å². The summed E-state index contributed by atoms with van der Waals surface area (Å²) in [5.74, 6) is 1.05. The molecule has 1 heterocycles. The van der Waals surface area contributed by atoms with Crippen molar-refractivity contribution in [2.24, 2.45) is 5.92 Å². The third-order valence-electron chi connectivity index (χ3n) is 3.33. The summed E-state index contributed by atoms with van der Waals surface area (Å²) in [6.07, 6.45) is 1.04. The van der Waals surface area contributed by atoms with Crippen molar-refractivity contribution < 1.29 is 9.53 Å². The second-order valence-electron chi connectivity index (χ2n) is 4.95. The molecule has 0 spiro atoms. The van der Waals surface area contributed by atoms with Gasteiger partial charge in [-0.25, -0.2) is 0 Å². The van der Waals surface area contributed by atoms with Crippen LogP contribution < -0.4 is 10.1 Å². The van der Waals surface area contributed by atoms with E-state index in [1.54, 1.807) is 18.2 Å². The fourth-order valence-corrected chi connectivity index (χ4v) is 2.87. The standard InChI is InChI=1S/C14H18Cl2N2O2/c1-17-7-10-2-3-18(8-10)14(19)9-20-13-5-11(15)4-12(16)6-13/h4-6,10,17H,2-3,7-9H2,1H3/t10-/m0/s1. The van der Waals surface area contributed by atoms with Gasteiger partial charge in [0.2, 0.25) is 0 Å². The van der Waals surface area contributed by atoms with Crippen molar-refractivity contribution in [1.29, 1.82) is 0 Å². The second kappa shape index (κ2) is 7.16. The van der Waals surface area contributed by atoms with Gasteiger partial charge in [-0.3, -0.25) is 4.79 Å².